The molecule has 1 aromatic heterocycles. The summed E-state index contributed by atoms with van der Waals surface area (Å²) in [6.45, 7) is 7.72. The summed E-state index contributed by atoms with van der Waals surface area (Å²) >= 11 is 0. The van der Waals surface area contributed by atoms with Gasteiger partial charge in [0.05, 0.1) is 12.2 Å². The lowest BCUT2D eigenvalue weighted by atomic mass is 9.99. The van der Waals surface area contributed by atoms with Gasteiger partial charge in [0.15, 0.2) is 5.96 Å². The number of hydrogen-bond donors (Lipinski definition) is 2. The second kappa shape index (κ2) is 17.9. The summed E-state index contributed by atoms with van der Waals surface area (Å²) in [6, 6.07) is 18.3. The average Bonchev–Trinajstić information content (AvgIpc) is 3.07. The zero-order valence-electron chi connectivity index (χ0n) is 26.5. The minimum Gasteiger partial charge on any atom is -0.493 e. The van der Waals surface area contributed by atoms with Crippen molar-refractivity contribution in [1.29, 1.82) is 0 Å². The number of unbranched alkanes of at least 4 members (excludes halogenated alkanes) is 1. The van der Waals surface area contributed by atoms with Gasteiger partial charge >= 0.3 is 0 Å². The first-order valence-electron chi connectivity index (χ1n) is 15.8. The Hall–Kier alpha value is -4.28. The first-order valence-corrected chi connectivity index (χ1v) is 15.8. The molecular weight excluding hydrogens is 568 g/mol. The molecule has 45 heavy (non-hydrogen) atoms. The molecule has 3 N–H and O–H groups in total. The van der Waals surface area contributed by atoms with Gasteiger partial charge in [-0.15, -0.1) is 0 Å². The quantitative estimate of drug-likeness (QED) is 0.149. The third-order valence-electron chi connectivity index (χ3n) is 7.74. The second-order valence-electron chi connectivity index (χ2n) is 11.2. The van der Waals surface area contributed by atoms with Crippen LogP contribution >= 0.6 is 0 Å². The molecule has 10 nitrogen and oxygen atoms in total. The zero-order chi connectivity index (χ0) is 31.9. The first kappa shape index (κ1) is 33.6. The maximum absolute atomic E-state index is 12.8. The number of nitrogens with two attached hydrogens (primary N) is 1. The second-order valence-corrected chi connectivity index (χ2v) is 11.2. The highest BCUT2D eigenvalue weighted by Gasteiger charge is 2.22. The smallest absolute Gasteiger partial charge is 0.255 e. The number of carbonyl (C=O) groups is 2. The number of ether oxygens (including phenoxy) is 2. The van der Waals surface area contributed by atoms with Crippen molar-refractivity contribution < 1.29 is 19.1 Å². The molecule has 2 heterocycles. The minimum absolute atomic E-state index is 0.0404. The molecule has 0 aliphatic carbocycles. The number of aliphatic imine (C=N–C) groups is 1. The van der Waals surface area contributed by atoms with Crippen molar-refractivity contribution >= 4 is 17.8 Å². The summed E-state index contributed by atoms with van der Waals surface area (Å²) in [5, 5.41) is 2.68. The number of hydrogen-bond acceptors (Lipinski definition) is 7. The van der Waals surface area contributed by atoms with E-state index >= 15 is 0 Å². The van der Waals surface area contributed by atoms with Crippen LogP contribution in [0.4, 0.5) is 0 Å². The van der Waals surface area contributed by atoms with Crippen LogP contribution in [0.15, 0.2) is 72.0 Å². The van der Waals surface area contributed by atoms with Crippen LogP contribution in [0.25, 0.3) is 11.1 Å². The third kappa shape index (κ3) is 10.7. The standard InChI is InChI=1S/C35H46N6O4/c1-3-4-17-38-35(36)39-33(42)15-11-27-10-14-31(32(24-27)45-23-6-22-44-2)29-12-8-28(9-13-29)26-40-18-20-41(21-19-40)34(43)30-7-5-16-37-25-30/h5,7-10,12-14,16,24-25H,3-4,6,11,15,17-23,26H2,1-2H3,(H3,36,38,39,42). The SMILES string of the molecule is CCCCN=C(N)NC(=O)CCc1ccc(-c2ccc(CN3CCN(C(=O)c4cccnc4)CC3)cc2)c(OCCCOC)c1. The monoisotopic (exact) mass is 614 g/mol. The fourth-order valence-corrected chi connectivity index (χ4v) is 5.15. The molecule has 1 saturated heterocycles. The number of piperazine rings is 1. The molecule has 1 fully saturated rings. The van der Waals surface area contributed by atoms with Gasteiger partial charge in [-0.1, -0.05) is 49.7 Å². The number of benzene rings is 2. The number of nitrogens with zero attached hydrogens (tertiary/aromatic N) is 4. The first-order chi connectivity index (χ1) is 22.0. The summed E-state index contributed by atoms with van der Waals surface area (Å²) in [6.07, 6.45) is 6.90. The molecule has 0 radical (unpaired) electrons. The van der Waals surface area contributed by atoms with Crippen molar-refractivity contribution in [1.82, 2.24) is 20.1 Å². The number of pyridine rings is 1. The topological polar surface area (TPSA) is 122 Å². The van der Waals surface area contributed by atoms with E-state index in [1.807, 2.05) is 23.1 Å². The lowest BCUT2D eigenvalue weighted by molar-refractivity contribution is -0.119. The van der Waals surface area contributed by atoms with Crippen molar-refractivity contribution in [3.05, 3.63) is 83.7 Å². The van der Waals surface area contributed by atoms with E-state index in [0.717, 1.165) is 61.3 Å². The van der Waals surface area contributed by atoms with Crippen LogP contribution in [0.3, 0.4) is 0 Å². The van der Waals surface area contributed by atoms with Crippen molar-refractivity contribution in [3.8, 4) is 16.9 Å². The Labute approximate surface area is 266 Å². The molecule has 0 atom stereocenters. The number of carbonyl (C=O) groups excluding carboxylic acids is 2. The Bertz CT molecular complexity index is 1390. The van der Waals surface area contributed by atoms with Gasteiger partial charge in [0.1, 0.15) is 5.75 Å². The maximum atomic E-state index is 12.8. The van der Waals surface area contributed by atoms with Crippen molar-refractivity contribution in [3.63, 3.8) is 0 Å². The number of nitrogens with one attached hydrogen (secondary N) is 1. The molecule has 0 saturated carbocycles. The van der Waals surface area contributed by atoms with Gasteiger partial charge in [0.2, 0.25) is 5.91 Å². The summed E-state index contributed by atoms with van der Waals surface area (Å²) in [5.74, 6) is 0.842. The number of rotatable bonds is 15. The molecular formula is C35H46N6O4. The molecule has 1 aliphatic rings. The van der Waals surface area contributed by atoms with Crippen LogP contribution in [-0.2, 0) is 22.5 Å². The number of methoxy groups -OCH3 is 1. The van der Waals surface area contributed by atoms with Gasteiger partial charge in [-0.05, 0) is 47.7 Å². The van der Waals surface area contributed by atoms with E-state index in [-0.39, 0.29) is 17.8 Å². The van der Waals surface area contributed by atoms with E-state index in [9.17, 15) is 9.59 Å². The summed E-state index contributed by atoms with van der Waals surface area (Å²) in [7, 11) is 1.68. The Balaban J connectivity index is 1.35. The van der Waals surface area contributed by atoms with E-state index in [4.69, 9.17) is 15.2 Å². The third-order valence-corrected chi connectivity index (χ3v) is 7.74. The van der Waals surface area contributed by atoms with E-state index in [0.29, 0.717) is 51.3 Å². The van der Waals surface area contributed by atoms with E-state index < -0.39 is 0 Å². The van der Waals surface area contributed by atoms with Crippen molar-refractivity contribution in [2.45, 2.75) is 45.6 Å². The Kier molecular flexibility index (Phi) is 13.3. The highest BCUT2D eigenvalue weighted by atomic mass is 16.5. The fraction of sp³-hybridized carbons (Fsp3) is 0.429. The van der Waals surface area contributed by atoms with Gasteiger partial charge in [0.25, 0.3) is 5.91 Å². The molecule has 2 aromatic carbocycles. The Morgan fingerprint density at radius 2 is 1.78 bits per heavy atom. The van der Waals surface area contributed by atoms with Crippen molar-refractivity contribution in [2.24, 2.45) is 10.7 Å². The lowest BCUT2D eigenvalue weighted by Gasteiger charge is -2.34. The predicted octanol–water partition coefficient (Wildman–Crippen LogP) is 4.29. The molecule has 0 bridgehead atoms. The molecule has 240 valence electrons. The zero-order valence-corrected chi connectivity index (χ0v) is 26.5. The van der Waals surface area contributed by atoms with Gasteiger partial charge in [-0.3, -0.25) is 29.8 Å². The molecule has 4 rings (SSSR count). The summed E-state index contributed by atoms with van der Waals surface area (Å²) in [4.78, 5) is 37.7. The highest BCUT2D eigenvalue weighted by molar-refractivity contribution is 5.96. The molecule has 1 aliphatic heterocycles. The van der Waals surface area contributed by atoms with Gasteiger partial charge in [-0.25, -0.2) is 0 Å². The highest BCUT2D eigenvalue weighted by Crippen LogP contribution is 2.32. The molecule has 0 spiro atoms. The Morgan fingerprint density at radius 3 is 2.49 bits per heavy atom. The van der Waals surface area contributed by atoms with Crippen LogP contribution in [0.5, 0.6) is 5.75 Å². The minimum atomic E-state index is -0.156. The molecule has 3 aromatic rings. The number of guanidine groups is 1. The lowest BCUT2D eigenvalue weighted by Crippen LogP contribution is -2.48. The van der Waals surface area contributed by atoms with E-state index in [2.05, 4.69) is 57.4 Å². The normalized spacial score (nSPS) is 13.9. The largest absolute Gasteiger partial charge is 0.493 e. The van der Waals surface area contributed by atoms with Crippen LogP contribution in [0.1, 0.15) is 54.1 Å². The van der Waals surface area contributed by atoms with Crippen molar-refractivity contribution in [2.75, 3.05) is 53.0 Å². The number of amides is 2. The van der Waals surface area contributed by atoms with Crippen LogP contribution in [0.2, 0.25) is 0 Å². The summed E-state index contributed by atoms with van der Waals surface area (Å²) in [5.41, 5.74) is 10.8. The molecule has 10 heteroatoms. The van der Waals surface area contributed by atoms with Crippen LogP contribution < -0.4 is 15.8 Å². The maximum Gasteiger partial charge on any atom is 0.255 e. The Morgan fingerprint density at radius 1 is 1.00 bits per heavy atom. The van der Waals surface area contributed by atoms with Gasteiger partial charge in [-0.2, -0.15) is 0 Å². The average molecular weight is 615 g/mol. The number of aromatic nitrogens is 1. The predicted molar refractivity (Wildman–Crippen MR) is 177 cm³/mol. The molecule has 0 unspecified atom stereocenters. The van der Waals surface area contributed by atoms with Gasteiger partial charge in [0, 0.05) is 83.8 Å². The van der Waals surface area contributed by atoms with Crippen LogP contribution in [0, 0.1) is 0 Å². The molecule has 2 amide bonds. The van der Waals surface area contributed by atoms with Gasteiger partial charge < -0.3 is 20.1 Å². The summed E-state index contributed by atoms with van der Waals surface area (Å²) < 4.78 is 11.4. The number of aryl methyl sites for hydroxylation is 1. The van der Waals surface area contributed by atoms with Crippen LogP contribution in [-0.4, -0.2) is 85.6 Å². The fourth-order valence-electron chi connectivity index (χ4n) is 5.15. The van der Waals surface area contributed by atoms with E-state index in [1.54, 1.807) is 25.6 Å². The van der Waals surface area contributed by atoms with E-state index in [1.165, 1.54) is 5.56 Å².